The first-order valence-electron chi connectivity index (χ1n) is 7.21. The van der Waals surface area contributed by atoms with Crippen molar-refractivity contribution in [3.05, 3.63) is 29.8 Å². The fourth-order valence-electron chi connectivity index (χ4n) is 1.61. The molecule has 1 amide bonds. The molecule has 0 aliphatic heterocycles. The van der Waals surface area contributed by atoms with E-state index in [1.54, 1.807) is 45.0 Å². The van der Waals surface area contributed by atoms with Crippen LogP contribution >= 0.6 is 0 Å². The zero-order valence-electron chi connectivity index (χ0n) is 13.5. The molecule has 7 heteroatoms. The number of amidine groups is 1. The topological polar surface area (TPSA) is 109 Å². The summed E-state index contributed by atoms with van der Waals surface area (Å²) in [6.07, 6.45) is -0.202. The normalized spacial score (nSPS) is 10.7. The van der Waals surface area contributed by atoms with Gasteiger partial charge in [-0.2, -0.15) is 0 Å². The quantitative estimate of drug-likeness (QED) is 0.424. The number of carboxylic acid groups (broad SMARTS) is 1. The second kappa shape index (κ2) is 8.17. The van der Waals surface area contributed by atoms with Crippen LogP contribution in [0.3, 0.4) is 0 Å². The van der Waals surface area contributed by atoms with Crippen LogP contribution in [-0.2, 0) is 9.53 Å². The first-order valence-corrected chi connectivity index (χ1v) is 7.21. The van der Waals surface area contributed by atoms with Gasteiger partial charge >= 0.3 is 12.1 Å². The van der Waals surface area contributed by atoms with Crippen molar-refractivity contribution < 1.29 is 24.2 Å². The summed E-state index contributed by atoms with van der Waals surface area (Å²) in [7, 11) is 0. The largest absolute Gasteiger partial charge is 0.494 e. The second-order valence-electron chi connectivity index (χ2n) is 5.87. The van der Waals surface area contributed by atoms with Crippen LogP contribution in [-0.4, -0.2) is 35.2 Å². The molecule has 0 spiro atoms. The summed E-state index contributed by atoms with van der Waals surface area (Å²) in [5.74, 6) is -0.355. The number of alkyl carbamates (subject to hydrolysis) is 1. The zero-order chi connectivity index (χ0) is 17.5. The maximum absolute atomic E-state index is 11.6. The second-order valence-corrected chi connectivity index (χ2v) is 5.87. The first kappa shape index (κ1) is 18.5. The van der Waals surface area contributed by atoms with Crippen LogP contribution in [0.25, 0.3) is 0 Å². The van der Waals surface area contributed by atoms with Gasteiger partial charge in [0, 0.05) is 12.0 Å². The number of carbonyl (C=O) groups excluding carboxylic acids is 1. The summed E-state index contributed by atoms with van der Waals surface area (Å²) in [4.78, 5) is 22.0. The highest BCUT2D eigenvalue weighted by atomic mass is 16.6. The van der Waals surface area contributed by atoms with Crippen molar-refractivity contribution in [2.75, 3.05) is 6.61 Å². The summed E-state index contributed by atoms with van der Waals surface area (Å²) >= 11 is 0. The van der Waals surface area contributed by atoms with Gasteiger partial charge < -0.3 is 14.6 Å². The van der Waals surface area contributed by atoms with Gasteiger partial charge in [0.25, 0.3) is 0 Å². The molecular formula is C16H22N2O5. The van der Waals surface area contributed by atoms with Crippen LogP contribution in [0.2, 0.25) is 0 Å². The Labute approximate surface area is 135 Å². The molecule has 0 radical (unpaired) electrons. The Morgan fingerprint density at radius 1 is 1.22 bits per heavy atom. The number of carbonyl (C=O) groups is 2. The zero-order valence-corrected chi connectivity index (χ0v) is 13.5. The number of amides is 1. The lowest BCUT2D eigenvalue weighted by Gasteiger charge is -2.19. The lowest BCUT2D eigenvalue weighted by molar-refractivity contribution is -0.137. The van der Waals surface area contributed by atoms with Gasteiger partial charge in [-0.3, -0.25) is 15.5 Å². The first-order chi connectivity index (χ1) is 10.7. The molecule has 23 heavy (non-hydrogen) atoms. The smallest absolute Gasteiger partial charge is 0.413 e. The number of rotatable bonds is 6. The number of aliphatic carboxylic acids is 1. The summed E-state index contributed by atoms with van der Waals surface area (Å²) in [6.45, 7) is 5.53. The van der Waals surface area contributed by atoms with E-state index < -0.39 is 17.7 Å². The minimum atomic E-state index is -0.856. The molecule has 0 aliphatic carbocycles. The van der Waals surface area contributed by atoms with Crippen molar-refractivity contribution in [1.82, 2.24) is 5.32 Å². The van der Waals surface area contributed by atoms with E-state index in [-0.39, 0.29) is 12.3 Å². The molecule has 1 aromatic rings. The fraction of sp³-hybridized carbons (Fsp3) is 0.438. The van der Waals surface area contributed by atoms with Crippen molar-refractivity contribution in [3.8, 4) is 5.75 Å². The lowest BCUT2D eigenvalue weighted by atomic mass is 10.2. The molecule has 0 aromatic heterocycles. The average Bonchev–Trinajstić information content (AvgIpc) is 2.41. The molecule has 0 heterocycles. The minimum Gasteiger partial charge on any atom is -0.494 e. The molecule has 0 saturated carbocycles. The third-order valence-corrected chi connectivity index (χ3v) is 2.57. The van der Waals surface area contributed by atoms with Crippen LogP contribution < -0.4 is 10.1 Å². The Bertz CT molecular complexity index is 561. The fourth-order valence-corrected chi connectivity index (χ4v) is 1.61. The summed E-state index contributed by atoms with van der Waals surface area (Å²) in [6, 6.07) is 6.57. The van der Waals surface area contributed by atoms with E-state index in [0.29, 0.717) is 24.3 Å². The Kier molecular flexibility index (Phi) is 6.56. The molecule has 1 aromatic carbocycles. The molecule has 1 rings (SSSR count). The predicted molar refractivity (Wildman–Crippen MR) is 85.0 cm³/mol. The van der Waals surface area contributed by atoms with Gasteiger partial charge in [0.2, 0.25) is 0 Å². The third kappa shape index (κ3) is 7.85. The number of hydrogen-bond acceptors (Lipinski definition) is 5. The average molecular weight is 322 g/mol. The van der Waals surface area contributed by atoms with Crippen LogP contribution in [0, 0.1) is 5.41 Å². The summed E-state index contributed by atoms with van der Waals surface area (Å²) in [5.41, 5.74) is -0.119. The Hall–Kier alpha value is -2.57. The van der Waals surface area contributed by atoms with E-state index in [0.717, 1.165) is 0 Å². The molecule has 0 unspecified atom stereocenters. The number of nitrogens with one attached hydrogen (secondary N) is 2. The standard InChI is InChI=1S/C16H22N2O5/c1-16(2,3)23-15(21)18-14(17)11-6-8-12(9-7-11)22-10-4-5-13(19)20/h6-9H,4-5,10H2,1-3H3,(H,19,20)(H2,17,18,21). The van der Waals surface area contributed by atoms with E-state index in [9.17, 15) is 9.59 Å². The number of benzene rings is 1. The summed E-state index contributed by atoms with van der Waals surface area (Å²) in [5, 5.41) is 18.7. The molecule has 3 N–H and O–H groups in total. The number of hydrogen-bond donors (Lipinski definition) is 3. The Balaban J connectivity index is 2.47. The maximum atomic E-state index is 11.6. The van der Waals surface area contributed by atoms with E-state index in [2.05, 4.69) is 5.32 Å². The monoisotopic (exact) mass is 322 g/mol. The van der Waals surface area contributed by atoms with Crippen LogP contribution in [0.1, 0.15) is 39.2 Å². The van der Waals surface area contributed by atoms with Gasteiger partial charge in [-0.1, -0.05) is 0 Å². The predicted octanol–water partition coefficient (Wildman–Crippen LogP) is 2.78. The number of ether oxygens (including phenoxy) is 2. The van der Waals surface area contributed by atoms with Crippen LogP contribution in [0.15, 0.2) is 24.3 Å². The van der Waals surface area contributed by atoms with Crippen LogP contribution in [0.5, 0.6) is 5.75 Å². The van der Waals surface area contributed by atoms with E-state index in [1.807, 2.05) is 0 Å². The Morgan fingerprint density at radius 3 is 2.35 bits per heavy atom. The van der Waals surface area contributed by atoms with Gasteiger partial charge in [-0.25, -0.2) is 4.79 Å². The van der Waals surface area contributed by atoms with Gasteiger partial charge in [0.05, 0.1) is 6.61 Å². The molecule has 0 aliphatic rings. The third-order valence-electron chi connectivity index (χ3n) is 2.57. The maximum Gasteiger partial charge on any atom is 0.413 e. The lowest BCUT2D eigenvalue weighted by Crippen LogP contribution is -2.36. The van der Waals surface area contributed by atoms with Crippen LogP contribution in [0.4, 0.5) is 4.79 Å². The molecule has 0 bridgehead atoms. The van der Waals surface area contributed by atoms with E-state index >= 15 is 0 Å². The molecule has 0 saturated heterocycles. The molecular weight excluding hydrogens is 300 g/mol. The van der Waals surface area contributed by atoms with E-state index in [4.69, 9.17) is 20.0 Å². The van der Waals surface area contributed by atoms with Crippen molar-refractivity contribution >= 4 is 17.9 Å². The van der Waals surface area contributed by atoms with Crippen molar-refractivity contribution in [3.63, 3.8) is 0 Å². The molecule has 126 valence electrons. The van der Waals surface area contributed by atoms with Gasteiger partial charge in [0.15, 0.2) is 0 Å². The van der Waals surface area contributed by atoms with Crippen molar-refractivity contribution in [2.24, 2.45) is 0 Å². The van der Waals surface area contributed by atoms with Gasteiger partial charge in [-0.05, 0) is 51.5 Å². The molecule has 0 atom stereocenters. The molecule has 7 nitrogen and oxygen atoms in total. The summed E-state index contributed by atoms with van der Waals surface area (Å²) < 4.78 is 10.5. The number of carboxylic acids is 1. The molecule has 0 fully saturated rings. The minimum absolute atomic E-state index is 0.0581. The van der Waals surface area contributed by atoms with Gasteiger partial charge in [-0.15, -0.1) is 0 Å². The van der Waals surface area contributed by atoms with Gasteiger partial charge in [0.1, 0.15) is 17.2 Å². The SMILES string of the molecule is CC(C)(C)OC(=O)NC(=N)c1ccc(OCCCC(=O)O)cc1. The highest BCUT2D eigenvalue weighted by Gasteiger charge is 2.17. The highest BCUT2D eigenvalue weighted by molar-refractivity contribution is 6.04. The van der Waals surface area contributed by atoms with Crippen molar-refractivity contribution in [1.29, 1.82) is 5.41 Å². The van der Waals surface area contributed by atoms with E-state index in [1.165, 1.54) is 0 Å². The Morgan fingerprint density at radius 2 is 1.83 bits per heavy atom. The van der Waals surface area contributed by atoms with Crippen molar-refractivity contribution in [2.45, 2.75) is 39.2 Å². The highest BCUT2D eigenvalue weighted by Crippen LogP contribution is 2.13.